The van der Waals surface area contributed by atoms with Crippen molar-refractivity contribution in [3.63, 3.8) is 0 Å². The summed E-state index contributed by atoms with van der Waals surface area (Å²) in [6.45, 7) is 2.81. The van der Waals surface area contributed by atoms with Gasteiger partial charge in [-0.05, 0) is 43.2 Å². The molecule has 2 fully saturated rings. The number of morpholine rings is 1. The van der Waals surface area contributed by atoms with Gasteiger partial charge in [-0.2, -0.15) is 4.31 Å². The standard InChI is InChI=1S/C23H26ClN3O5S/c24-20-9-8-17(33(30,31)27-10-4-1-5-11-27)16-19(20)22(28)25-21-7-3-2-6-18(21)23(29)26-12-14-32-15-13-26/h2-3,6-9,16H,1,4-5,10-15H2,(H,25,28). The number of hydrogen-bond donors (Lipinski definition) is 1. The molecule has 2 amide bonds. The Kier molecular flexibility index (Phi) is 7.33. The van der Waals surface area contributed by atoms with Crippen molar-refractivity contribution in [2.75, 3.05) is 44.7 Å². The molecule has 2 aliphatic heterocycles. The van der Waals surface area contributed by atoms with Gasteiger partial charge < -0.3 is 15.0 Å². The molecule has 176 valence electrons. The van der Waals surface area contributed by atoms with E-state index in [1.54, 1.807) is 29.2 Å². The number of ether oxygens (including phenoxy) is 1. The number of carbonyl (C=O) groups excluding carboxylic acids is 2. The van der Waals surface area contributed by atoms with Crippen molar-refractivity contribution in [2.45, 2.75) is 24.2 Å². The van der Waals surface area contributed by atoms with E-state index in [0.717, 1.165) is 19.3 Å². The molecule has 0 atom stereocenters. The fraction of sp³-hybridized carbons (Fsp3) is 0.391. The molecular weight excluding hydrogens is 466 g/mol. The van der Waals surface area contributed by atoms with Crippen LogP contribution in [-0.2, 0) is 14.8 Å². The third-order valence-electron chi connectivity index (χ3n) is 5.84. The van der Waals surface area contributed by atoms with Gasteiger partial charge in [0, 0.05) is 26.2 Å². The van der Waals surface area contributed by atoms with Gasteiger partial charge in [0.2, 0.25) is 10.0 Å². The minimum absolute atomic E-state index is 0.0247. The topological polar surface area (TPSA) is 96.0 Å². The molecule has 0 aromatic heterocycles. The quantitative estimate of drug-likeness (QED) is 0.692. The number of nitrogens with one attached hydrogen (secondary N) is 1. The zero-order chi connectivity index (χ0) is 23.4. The van der Waals surface area contributed by atoms with Crippen LogP contribution >= 0.6 is 11.6 Å². The van der Waals surface area contributed by atoms with Crippen LogP contribution in [0.5, 0.6) is 0 Å². The van der Waals surface area contributed by atoms with E-state index in [-0.39, 0.29) is 21.4 Å². The molecule has 0 spiro atoms. The molecule has 2 aromatic rings. The lowest BCUT2D eigenvalue weighted by Crippen LogP contribution is -2.41. The van der Waals surface area contributed by atoms with Gasteiger partial charge in [-0.15, -0.1) is 0 Å². The van der Waals surface area contributed by atoms with E-state index < -0.39 is 15.9 Å². The molecule has 2 saturated heterocycles. The molecule has 33 heavy (non-hydrogen) atoms. The first-order valence-electron chi connectivity index (χ1n) is 10.9. The number of rotatable bonds is 5. The number of sulfonamides is 1. The van der Waals surface area contributed by atoms with Crippen molar-refractivity contribution in [2.24, 2.45) is 0 Å². The lowest BCUT2D eigenvalue weighted by Gasteiger charge is -2.27. The maximum Gasteiger partial charge on any atom is 0.257 e. The fourth-order valence-corrected chi connectivity index (χ4v) is 5.75. The van der Waals surface area contributed by atoms with Crippen LogP contribution in [0.15, 0.2) is 47.4 Å². The summed E-state index contributed by atoms with van der Waals surface area (Å²) in [6, 6.07) is 10.8. The summed E-state index contributed by atoms with van der Waals surface area (Å²) in [4.78, 5) is 27.8. The van der Waals surface area contributed by atoms with Crippen molar-refractivity contribution < 1.29 is 22.7 Å². The molecule has 0 radical (unpaired) electrons. The minimum Gasteiger partial charge on any atom is -0.378 e. The van der Waals surface area contributed by atoms with Crippen LogP contribution in [0.2, 0.25) is 5.02 Å². The largest absolute Gasteiger partial charge is 0.378 e. The van der Waals surface area contributed by atoms with Crippen molar-refractivity contribution in [1.29, 1.82) is 0 Å². The van der Waals surface area contributed by atoms with Crippen LogP contribution in [0.1, 0.15) is 40.0 Å². The molecule has 0 unspecified atom stereocenters. The Labute approximate surface area is 198 Å². The number of halogens is 1. The highest BCUT2D eigenvalue weighted by molar-refractivity contribution is 7.89. The number of para-hydroxylation sites is 1. The predicted octanol–water partition coefficient (Wildman–Crippen LogP) is 3.24. The van der Waals surface area contributed by atoms with E-state index in [9.17, 15) is 18.0 Å². The van der Waals surface area contributed by atoms with Crippen LogP contribution in [0, 0.1) is 0 Å². The molecule has 8 nitrogen and oxygen atoms in total. The number of carbonyl (C=O) groups is 2. The van der Waals surface area contributed by atoms with Crippen molar-refractivity contribution in [1.82, 2.24) is 9.21 Å². The van der Waals surface area contributed by atoms with E-state index in [2.05, 4.69) is 5.32 Å². The average molecular weight is 492 g/mol. The Hall–Kier alpha value is -2.46. The second-order valence-corrected chi connectivity index (χ2v) is 10.4. The third kappa shape index (κ3) is 5.22. The lowest BCUT2D eigenvalue weighted by molar-refractivity contribution is 0.0303. The minimum atomic E-state index is -3.72. The highest BCUT2D eigenvalue weighted by Gasteiger charge is 2.28. The maximum atomic E-state index is 13.1. The highest BCUT2D eigenvalue weighted by atomic mass is 35.5. The molecule has 0 aliphatic carbocycles. The Balaban J connectivity index is 1.58. The molecule has 0 saturated carbocycles. The summed E-state index contributed by atoms with van der Waals surface area (Å²) >= 11 is 6.26. The van der Waals surface area contributed by atoms with Crippen LogP contribution in [-0.4, -0.2) is 68.8 Å². The Morgan fingerprint density at radius 1 is 0.909 bits per heavy atom. The smallest absolute Gasteiger partial charge is 0.257 e. The van der Waals surface area contributed by atoms with Gasteiger partial charge in [-0.1, -0.05) is 30.2 Å². The summed E-state index contributed by atoms with van der Waals surface area (Å²) in [5.41, 5.74) is 0.712. The lowest BCUT2D eigenvalue weighted by atomic mass is 10.1. The average Bonchev–Trinajstić information content (AvgIpc) is 2.85. The van der Waals surface area contributed by atoms with Gasteiger partial charge in [-0.3, -0.25) is 9.59 Å². The van der Waals surface area contributed by atoms with Crippen LogP contribution in [0.25, 0.3) is 0 Å². The Morgan fingerprint density at radius 3 is 2.33 bits per heavy atom. The number of nitrogens with zero attached hydrogens (tertiary/aromatic N) is 2. The highest BCUT2D eigenvalue weighted by Crippen LogP contribution is 2.27. The van der Waals surface area contributed by atoms with E-state index >= 15 is 0 Å². The second-order valence-electron chi connectivity index (χ2n) is 8.01. The van der Waals surface area contributed by atoms with E-state index in [4.69, 9.17) is 16.3 Å². The first-order chi connectivity index (χ1) is 15.9. The normalized spacial score (nSPS) is 17.5. The van der Waals surface area contributed by atoms with Gasteiger partial charge in [0.1, 0.15) is 0 Å². The van der Waals surface area contributed by atoms with Crippen molar-refractivity contribution in [3.8, 4) is 0 Å². The zero-order valence-electron chi connectivity index (χ0n) is 18.1. The summed E-state index contributed by atoms with van der Waals surface area (Å²) in [5.74, 6) is -0.792. The van der Waals surface area contributed by atoms with E-state index in [0.29, 0.717) is 50.6 Å². The monoisotopic (exact) mass is 491 g/mol. The molecular formula is C23H26ClN3O5S. The molecule has 1 N–H and O–H groups in total. The molecule has 4 rings (SSSR count). The van der Waals surface area contributed by atoms with E-state index in [1.165, 1.54) is 22.5 Å². The van der Waals surface area contributed by atoms with Crippen LogP contribution in [0.3, 0.4) is 0 Å². The Morgan fingerprint density at radius 2 is 1.61 bits per heavy atom. The SMILES string of the molecule is O=C(Nc1ccccc1C(=O)N1CCOCC1)c1cc(S(=O)(=O)N2CCCCC2)ccc1Cl. The summed E-state index contributed by atoms with van der Waals surface area (Å²) < 4.78 is 32.8. The predicted molar refractivity (Wildman–Crippen MR) is 125 cm³/mol. The molecule has 2 heterocycles. The Bertz CT molecular complexity index is 1140. The van der Waals surface area contributed by atoms with Gasteiger partial charge >= 0.3 is 0 Å². The van der Waals surface area contributed by atoms with Gasteiger partial charge in [0.25, 0.3) is 11.8 Å². The number of amides is 2. The van der Waals surface area contributed by atoms with Crippen LogP contribution in [0.4, 0.5) is 5.69 Å². The summed E-state index contributed by atoms with van der Waals surface area (Å²) in [7, 11) is -3.72. The number of hydrogen-bond acceptors (Lipinski definition) is 5. The second kappa shape index (κ2) is 10.2. The zero-order valence-corrected chi connectivity index (χ0v) is 19.7. The van der Waals surface area contributed by atoms with Crippen molar-refractivity contribution in [3.05, 3.63) is 58.6 Å². The van der Waals surface area contributed by atoms with Gasteiger partial charge in [0.15, 0.2) is 0 Å². The fourth-order valence-electron chi connectivity index (χ4n) is 4.00. The number of benzene rings is 2. The van der Waals surface area contributed by atoms with Gasteiger partial charge in [-0.25, -0.2) is 8.42 Å². The molecule has 0 bridgehead atoms. The number of piperidine rings is 1. The van der Waals surface area contributed by atoms with Gasteiger partial charge in [0.05, 0.1) is 39.9 Å². The number of anilines is 1. The first kappa shape index (κ1) is 23.7. The summed E-state index contributed by atoms with van der Waals surface area (Å²) in [6.07, 6.45) is 2.63. The molecule has 10 heteroatoms. The summed E-state index contributed by atoms with van der Waals surface area (Å²) in [5, 5.41) is 2.86. The molecule has 2 aromatic carbocycles. The maximum absolute atomic E-state index is 13.1. The third-order valence-corrected chi connectivity index (χ3v) is 8.06. The first-order valence-corrected chi connectivity index (χ1v) is 12.8. The molecule has 2 aliphatic rings. The van der Waals surface area contributed by atoms with Crippen molar-refractivity contribution >= 4 is 39.1 Å². The van der Waals surface area contributed by atoms with Crippen LogP contribution < -0.4 is 5.32 Å². The van der Waals surface area contributed by atoms with E-state index in [1.807, 2.05) is 0 Å².